The Morgan fingerprint density at radius 1 is 1.53 bits per heavy atom. The van der Waals surface area contributed by atoms with Crippen LogP contribution in [0.2, 0.25) is 0 Å². The Labute approximate surface area is 96.1 Å². The van der Waals surface area contributed by atoms with E-state index in [9.17, 15) is 0 Å². The lowest BCUT2D eigenvalue weighted by Crippen LogP contribution is -2.31. The fourth-order valence-corrected chi connectivity index (χ4v) is 3.61. The van der Waals surface area contributed by atoms with Crippen molar-refractivity contribution in [3.8, 4) is 0 Å². The van der Waals surface area contributed by atoms with E-state index < -0.39 is 0 Å². The molecule has 1 fully saturated rings. The van der Waals surface area contributed by atoms with E-state index in [4.69, 9.17) is 5.73 Å². The van der Waals surface area contributed by atoms with E-state index >= 15 is 0 Å². The molecule has 2 N–H and O–H groups in total. The third-order valence-electron chi connectivity index (χ3n) is 3.57. The first kappa shape index (κ1) is 11.1. The van der Waals surface area contributed by atoms with Crippen LogP contribution in [0.15, 0.2) is 6.07 Å². The summed E-state index contributed by atoms with van der Waals surface area (Å²) in [6.07, 6.45) is 4.92. The minimum absolute atomic E-state index is 0.403. The molecular weight excluding hydrogens is 204 g/mol. The van der Waals surface area contributed by atoms with Crippen LogP contribution in [0.3, 0.4) is 0 Å². The van der Waals surface area contributed by atoms with Gasteiger partial charge in [0, 0.05) is 10.9 Å². The van der Waals surface area contributed by atoms with Crippen molar-refractivity contribution in [2.45, 2.75) is 51.5 Å². The normalized spacial score (nSPS) is 31.8. The predicted octanol–water partition coefficient (Wildman–Crippen LogP) is 3.07. The molecule has 1 heterocycles. The third-order valence-corrected chi connectivity index (χ3v) is 4.58. The van der Waals surface area contributed by atoms with Gasteiger partial charge in [-0.1, -0.05) is 13.3 Å². The first-order valence-electron chi connectivity index (χ1n) is 5.89. The SMILES string of the molecule is CCC1CCC(N)CC1c1cc(C)ns1. The van der Waals surface area contributed by atoms with E-state index in [0.717, 1.165) is 18.0 Å². The summed E-state index contributed by atoms with van der Waals surface area (Å²) in [6.45, 7) is 4.37. The zero-order valence-electron chi connectivity index (χ0n) is 9.57. The summed E-state index contributed by atoms with van der Waals surface area (Å²) in [7, 11) is 0. The maximum atomic E-state index is 6.07. The van der Waals surface area contributed by atoms with Gasteiger partial charge in [0.1, 0.15) is 0 Å². The monoisotopic (exact) mass is 224 g/mol. The van der Waals surface area contributed by atoms with Crippen molar-refractivity contribution >= 4 is 11.5 Å². The number of hydrogen-bond acceptors (Lipinski definition) is 3. The van der Waals surface area contributed by atoms with Crippen LogP contribution in [-0.2, 0) is 0 Å². The maximum Gasteiger partial charge on any atom is 0.0514 e. The lowest BCUT2D eigenvalue weighted by atomic mass is 9.75. The van der Waals surface area contributed by atoms with Gasteiger partial charge in [0.15, 0.2) is 0 Å². The van der Waals surface area contributed by atoms with Crippen molar-refractivity contribution in [2.24, 2.45) is 11.7 Å². The molecule has 1 aliphatic carbocycles. The summed E-state index contributed by atoms with van der Waals surface area (Å²) in [5.41, 5.74) is 7.23. The summed E-state index contributed by atoms with van der Waals surface area (Å²) >= 11 is 1.67. The van der Waals surface area contributed by atoms with Crippen LogP contribution in [0, 0.1) is 12.8 Å². The second-order valence-corrected chi connectivity index (χ2v) is 5.56. The number of aromatic nitrogens is 1. The van der Waals surface area contributed by atoms with Crippen LogP contribution in [0.25, 0.3) is 0 Å². The van der Waals surface area contributed by atoms with Crippen LogP contribution in [0.1, 0.15) is 49.1 Å². The first-order valence-corrected chi connectivity index (χ1v) is 6.66. The molecule has 1 aromatic heterocycles. The van der Waals surface area contributed by atoms with Crippen LogP contribution >= 0.6 is 11.5 Å². The fraction of sp³-hybridized carbons (Fsp3) is 0.750. The fourth-order valence-electron chi connectivity index (χ4n) is 2.66. The number of rotatable bonds is 2. The second-order valence-electron chi connectivity index (χ2n) is 4.72. The lowest BCUT2D eigenvalue weighted by molar-refractivity contribution is 0.276. The molecule has 1 aliphatic rings. The van der Waals surface area contributed by atoms with Gasteiger partial charge in [-0.05, 0) is 55.6 Å². The van der Waals surface area contributed by atoms with E-state index in [1.54, 1.807) is 11.5 Å². The molecule has 3 heteroatoms. The van der Waals surface area contributed by atoms with Crippen LogP contribution in [0.4, 0.5) is 0 Å². The van der Waals surface area contributed by atoms with Crippen molar-refractivity contribution in [3.63, 3.8) is 0 Å². The molecule has 3 unspecified atom stereocenters. The molecule has 15 heavy (non-hydrogen) atoms. The average molecular weight is 224 g/mol. The van der Waals surface area contributed by atoms with Crippen molar-refractivity contribution in [2.75, 3.05) is 0 Å². The first-order chi connectivity index (χ1) is 7.20. The Morgan fingerprint density at radius 2 is 2.33 bits per heavy atom. The molecule has 0 aromatic carbocycles. The molecule has 1 aromatic rings. The van der Waals surface area contributed by atoms with Gasteiger partial charge < -0.3 is 5.73 Å². The highest BCUT2D eigenvalue weighted by molar-refractivity contribution is 7.05. The highest BCUT2D eigenvalue weighted by atomic mass is 32.1. The smallest absolute Gasteiger partial charge is 0.0514 e. The summed E-state index contributed by atoms with van der Waals surface area (Å²) in [6, 6.07) is 2.65. The Kier molecular flexibility index (Phi) is 3.42. The van der Waals surface area contributed by atoms with Crippen LogP contribution in [-0.4, -0.2) is 10.4 Å². The lowest BCUT2D eigenvalue weighted by Gasteiger charge is -2.33. The second kappa shape index (κ2) is 4.62. The predicted molar refractivity (Wildman–Crippen MR) is 65.2 cm³/mol. The minimum Gasteiger partial charge on any atom is -0.328 e. The highest BCUT2D eigenvalue weighted by Crippen LogP contribution is 2.40. The summed E-state index contributed by atoms with van der Waals surface area (Å²) < 4.78 is 4.39. The van der Waals surface area contributed by atoms with Gasteiger partial charge in [0.05, 0.1) is 5.69 Å². The molecule has 0 spiro atoms. The molecule has 0 bridgehead atoms. The summed E-state index contributed by atoms with van der Waals surface area (Å²) in [5.74, 6) is 1.49. The number of nitrogens with zero attached hydrogens (tertiary/aromatic N) is 1. The Bertz CT molecular complexity index is 321. The Balaban J connectivity index is 2.16. The van der Waals surface area contributed by atoms with Gasteiger partial charge in [-0.2, -0.15) is 4.37 Å². The van der Waals surface area contributed by atoms with Crippen LogP contribution in [0.5, 0.6) is 0 Å². The van der Waals surface area contributed by atoms with Crippen molar-refractivity contribution < 1.29 is 0 Å². The van der Waals surface area contributed by atoms with Gasteiger partial charge in [-0.3, -0.25) is 0 Å². The molecule has 0 radical (unpaired) electrons. The molecular formula is C12H20N2S. The van der Waals surface area contributed by atoms with E-state index in [2.05, 4.69) is 24.3 Å². The summed E-state index contributed by atoms with van der Waals surface area (Å²) in [5, 5.41) is 0. The van der Waals surface area contributed by atoms with Crippen LogP contribution < -0.4 is 5.73 Å². The van der Waals surface area contributed by atoms with E-state index in [0.29, 0.717) is 12.0 Å². The highest BCUT2D eigenvalue weighted by Gasteiger charge is 2.29. The van der Waals surface area contributed by atoms with Gasteiger partial charge in [0.2, 0.25) is 0 Å². The molecule has 2 nitrogen and oxygen atoms in total. The topological polar surface area (TPSA) is 38.9 Å². The van der Waals surface area contributed by atoms with Gasteiger partial charge in [-0.25, -0.2) is 0 Å². The molecule has 0 aliphatic heterocycles. The van der Waals surface area contributed by atoms with Gasteiger partial charge in [0.25, 0.3) is 0 Å². The molecule has 1 saturated carbocycles. The van der Waals surface area contributed by atoms with Crippen molar-refractivity contribution in [3.05, 3.63) is 16.6 Å². The van der Waals surface area contributed by atoms with Gasteiger partial charge >= 0.3 is 0 Å². The number of aryl methyl sites for hydroxylation is 1. The van der Waals surface area contributed by atoms with Crippen molar-refractivity contribution in [1.82, 2.24) is 4.37 Å². The third kappa shape index (κ3) is 2.40. The zero-order chi connectivity index (χ0) is 10.8. The largest absolute Gasteiger partial charge is 0.328 e. The molecule has 2 rings (SSSR count). The zero-order valence-corrected chi connectivity index (χ0v) is 10.4. The van der Waals surface area contributed by atoms with Crippen molar-refractivity contribution in [1.29, 1.82) is 0 Å². The molecule has 84 valence electrons. The quantitative estimate of drug-likeness (QED) is 0.838. The standard InChI is InChI=1S/C12H20N2S/c1-3-9-4-5-10(13)7-11(9)12-6-8(2)14-15-12/h6,9-11H,3-5,7,13H2,1-2H3. The molecule has 0 saturated heterocycles. The number of nitrogens with two attached hydrogens (primary N) is 1. The molecule has 0 amide bonds. The van der Waals surface area contributed by atoms with E-state index in [1.807, 2.05) is 0 Å². The summed E-state index contributed by atoms with van der Waals surface area (Å²) in [4.78, 5) is 1.45. The Morgan fingerprint density at radius 3 is 2.93 bits per heavy atom. The average Bonchev–Trinajstić information content (AvgIpc) is 2.65. The van der Waals surface area contributed by atoms with E-state index in [1.165, 1.54) is 24.1 Å². The molecule has 3 atom stereocenters. The van der Waals surface area contributed by atoms with Gasteiger partial charge in [-0.15, -0.1) is 0 Å². The number of hydrogen-bond donors (Lipinski definition) is 1. The maximum absolute atomic E-state index is 6.07. The van der Waals surface area contributed by atoms with E-state index in [-0.39, 0.29) is 0 Å². The Hall–Kier alpha value is -0.410. The minimum atomic E-state index is 0.403.